The fourth-order valence-electron chi connectivity index (χ4n) is 1.84. The molecule has 0 aliphatic carbocycles. The summed E-state index contributed by atoms with van der Waals surface area (Å²) in [5, 5.41) is 12.7. The number of pyridine rings is 1. The molecule has 0 saturated heterocycles. The maximum absolute atomic E-state index is 13.8. The highest BCUT2D eigenvalue weighted by atomic mass is 19.4. The second-order valence-corrected chi connectivity index (χ2v) is 4.62. The van der Waals surface area contributed by atoms with E-state index < -0.39 is 41.7 Å². The number of aromatic nitrogens is 1. The molecular formula is C14H10F5N3O2. The monoisotopic (exact) mass is 347 g/mol. The van der Waals surface area contributed by atoms with Gasteiger partial charge < -0.3 is 15.7 Å². The summed E-state index contributed by atoms with van der Waals surface area (Å²) in [6.45, 7) is -0.397. The molecule has 1 amide bonds. The normalized spacial score (nSPS) is 11.2. The van der Waals surface area contributed by atoms with Crippen LogP contribution in [0.1, 0.15) is 11.3 Å². The molecule has 1 aromatic carbocycles. The fraction of sp³-hybridized carbons (Fsp3) is 0.143. The number of nitrogens with one attached hydrogen (secondary N) is 2. The molecule has 3 N–H and O–H groups in total. The standard InChI is InChI=1S/C14H10F5N3O2/c15-7-1-2-11(9(3-7)14(17,18)19)22-8-4-10(16)12(20-5-8)6-21-13(23)24/h1-5,21-22H,6H2,(H,23,24). The van der Waals surface area contributed by atoms with Crippen LogP contribution >= 0.6 is 0 Å². The molecule has 0 fully saturated rings. The molecule has 0 aliphatic heterocycles. The van der Waals surface area contributed by atoms with Crippen molar-refractivity contribution in [3.63, 3.8) is 0 Å². The number of amides is 1. The van der Waals surface area contributed by atoms with E-state index in [-0.39, 0.29) is 11.4 Å². The molecule has 1 aromatic heterocycles. The largest absolute Gasteiger partial charge is 0.465 e. The topological polar surface area (TPSA) is 74.2 Å². The van der Waals surface area contributed by atoms with Gasteiger partial charge in [0, 0.05) is 6.07 Å². The average Bonchev–Trinajstić information content (AvgIpc) is 2.47. The molecule has 0 radical (unpaired) electrons. The molecule has 24 heavy (non-hydrogen) atoms. The van der Waals surface area contributed by atoms with Crippen LogP contribution in [0.2, 0.25) is 0 Å². The Bertz CT molecular complexity index is 765. The van der Waals surface area contributed by atoms with Gasteiger partial charge in [0.1, 0.15) is 11.6 Å². The highest BCUT2D eigenvalue weighted by molar-refractivity contribution is 5.65. The molecule has 128 valence electrons. The Kier molecular flexibility index (Phi) is 4.86. The highest BCUT2D eigenvalue weighted by Gasteiger charge is 2.34. The Morgan fingerprint density at radius 2 is 1.92 bits per heavy atom. The predicted octanol–water partition coefficient (Wildman–Crippen LogP) is 3.89. The first-order valence-corrected chi connectivity index (χ1v) is 6.42. The number of anilines is 2. The Balaban J connectivity index is 2.26. The summed E-state index contributed by atoms with van der Waals surface area (Å²) in [6.07, 6.45) is -5.15. The van der Waals surface area contributed by atoms with Crippen LogP contribution in [0.15, 0.2) is 30.5 Å². The van der Waals surface area contributed by atoms with Crippen LogP contribution in [-0.4, -0.2) is 16.2 Å². The molecule has 0 saturated carbocycles. The van der Waals surface area contributed by atoms with Crippen molar-refractivity contribution in [1.29, 1.82) is 0 Å². The second kappa shape index (κ2) is 6.69. The second-order valence-electron chi connectivity index (χ2n) is 4.62. The van der Waals surface area contributed by atoms with E-state index in [9.17, 15) is 26.7 Å². The van der Waals surface area contributed by atoms with Crippen molar-refractivity contribution in [2.45, 2.75) is 12.7 Å². The summed E-state index contributed by atoms with van der Waals surface area (Å²) in [7, 11) is 0. The molecule has 2 aromatic rings. The minimum Gasteiger partial charge on any atom is -0.465 e. The zero-order valence-corrected chi connectivity index (χ0v) is 11.8. The van der Waals surface area contributed by atoms with Crippen LogP contribution in [0.25, 0.3) is 0 Å². The quantitative estimate of drug-likeness (QED) is 0.734. The highest BCUT2D eigenvalue weighted by Crippen LogP contribution is 2.36. The van der Waals surface area contributed by atoms with E-state index in [1.54, 1.807) is 0 Å². The third-order valence-corrected chi connectivity index (χ3v) is 2.89. The summed E-state index contributed by atoms with van der Waals surface area (Å²) < 4.78 is 65.5. The van der Waals surface area contributed by atoms with Gasteiger partial charge in [-0.2, -0.15) is 13.2 Å². The maximum atomic E-state index is 13.8. The van der Waals surface area contributed by atoms with Crippen molar-refractivity contribution in [3.05, 3.63) is 53.4 Å². The third-order valence-electron chi connectivity index (χ3n) is 2.89. The Labute approximate surface area is 132 Å². The first-order valence-electron chi connectivity index (χ1n) is 6.42. The van der Waals surface area contributed by atoms with E-state index in [4.69, 9.17) is 5.11 Å². The summed E-state index contributed by atoms with van der Waals surface area (Å²) in [6, 6.07) is 2.87. The lowest BCUT2D eigenvalue weighted by Gasteiger charge is -2.15. The van der Waals surface area contributed by atoms with Crippen LogP contribution in [0.4, 0.5) is 38.1 Å². The van der Waals surface area contributed by atoms with E-state index in [1.807, 2.05) is 5.32 Å². The lowest BCUT2D eigenvalue weighted by atomic mass is 10.1. The Hall–Kier alpha value is -2.91. The molecule has 1 heterocycles. The van der Waals surface area contributed by atoms with E-state index in [0.29, 0.717) is 6.07 Å². The van der Waals surface area contributed by atoms with Crippen LogP contribution in [0, 0.1) is 11.6 Å². The third kappa shape index (κ3) is 4.31. The van der Waals surface area contributed by atoms with E-state index in [2.05, 4.69) is 10.3 Å². The van der Waals surface area contributed by atoms with E-state index >= 15 is 0 Å². The number of hydrogen-bond donors (Lipinski definition) is 3. The van der Waals surface area contributed by atoms with Crippen molar-refractivity contribution in [3.8, 4) is 0 Å². The molecule has 0 aliphatic rings. The molecule has 0 unspecified atom stereocenters. The molecule has 0 atom stereocenters. The minimum atomic E-state index is -4.80. The van der Waals surface area contributed by atoms with Gasteiger partial charge in [0.05, 0.1) is 35.4 Å². The van der Waals surface area contributed by atoms with Crippen molar-refractivity contribution < 1.29 is 31.9 Å². The molecular weight excluding hydrogens is 337 g/mol. The average molecular weight is 347 g/mol. The predicted molar refractivity (Wildman–Crippen MR) is 73.7 cm³/mol. The van der Waals surface area contributed by atoms with E-state index in [0.717, 1.165) is 24.4 Å². The zero-order chi connectivity index (χ0) is 17.9. The van der Waals surface area contributed by atoms with Gasteiger partial charge in [0.25, 0.3) is 0 Å². The number of benzene rings is 1. The number of alkyl halides is 3. The SMILES string of the molecule is O=C(O)NCc1ncc(Nc2ccc(F)cc2C(F)(F)F)cc1F. The van der Waals surface area contributed by atoms with Crippen LogP contribution in [0.5, 0.6) is 0 Å². The van der Waals surface area contributed by atoms with Crippen molar-refractivity contribution >= 4 is 17.5 Å². The number of rotatable bonds is 4. The first kappa shape index (κ1) is 17.4. The number of nitrogens with zero attached hydrogens (tertiary/aromatic N) is 1. The molecule has 0 spiro atoms. The lowest BCUT2D eigenvalue weighted by Crippen LogP contribution is -2.21. The van der Waals surface area contributed by atoms with Crippen molar-refractivity contribution in [2.75, 3.05) is 5.32 Å². The smallest absolute Gasteiger partial charge is 0.418 e. The van der Waals surface area contributed by atoms with Gasteiger partial charge in [-0.15, -0.1) is 0 Å². The molecule has 0 bridgehead atoms. The summed E-state index contributed by atoms with van der Waals surface area (Å²) in [4.78, 5) is 14.0. The molecule has 2 rings (SSSR count). The van der Waals surface area contributed by atoms with Gasteiger partial charge >= 0.3 is 12.3 Å². The Morgan fingerprint density at radius 1 is 1.21 bits per heavy atom. The number of carboxylic acid groups (broad SMARTS) is 1. The van der Waals surface area contributed by atoms with Gasteiger partial charge in [-0.25, -0.2) is 13.6 Å². The summed E-state index contributed by atoms with van der Waals surface area (Å²) in [5.41, 5.74) is -2.05. The Morgan fingerprint density at radius 3 is 2.50 bits per heavy atom. The molecule has 10 heteroatoms. The van der Waals surface area contributed by atoms with Crippen molar-refractivity contribution in [1.82, 2.24) is 10.3 Å². The number of carbonyl (C=O) groups is 1. The first-order chi connectivity index (χ1) is 11.2. The van der Waals surface area contributed by atoms with Crippen LogP contribution in [-0.2, 0) is 12.7 Å². The van der Waals surface area contributed by atoms with Gasteiger partial charge in [-0.05, 0) is 18.2 Å². The number of halogens is 5. The minimum absolute atomic E-state index is 0.108. The van der Waals surface area contributed by atoms with Crippen LogP contribution in [0.3, 0.4) is 0 Å². The molecule has 5 nitrogen and oxygen atoms in total. The van der Waals surface area contributed by atoms with Crippen LogP contribution < -0.4 is 10.6 Å². The van der Waals surface area contributed by atoms with Gasteiger partial charge in [0.2, 0.25) is 0 Å². The summed E-state index contributed by atoms with van der Waals surface area (Å²) in [5.74, 6) is -1.98. The van der Waals surface area contributed by atoms with Gasteiger partial charge in [0.15, 0.2) is 0 Å². The van der Waals surface area contributed by atoms with Gasteiger partial charge in [-0.1, -0.05) is 0 Å². The summed E-state index contributed by atoms with van der Waals surface area (Å²) >= 11 is 0. The fourth-order valence-corrected chi connectivity index (χ4v) is 1.84. The van der Waals surface area contributed by atoms with Crippen molar-refractivity contribution in [2.24, 2.45) is 0 Å². The van der Waals surface area contributed by atoms with E-state index in [1.165, 1.54) is 0 Å². The lowest BCUT2D eigenvalue weighted by molar-refractivity contribution is -0.137. The number of hydrogen-bond acceptors (Lipinski definition) is 3. The maximum Gasteiger partial charge on any atom is 0.418 e. The van der Waals surface area contributed by atoms with Gasteiger partial charge in [-0.3, -0.25) is 4.98 Å². The zero-order valence-electron chi connectivity index (χ0n) is 11.8.